The lowest BCUT2D eigenvalue weighted by Gasteiger charge is -2.28. The van der Waals surface area contributed by atoms with Gasteiger partial charge in [-0.25, -0.2) is 4.79 Å². The monoisotopic (exact) mass is 381 g/mol. The summed E-state index contributed by atoms with van der Waals surface area (Å²) >= 11 is 0. The summed E-state index contributed by atoms with van der Waals surface area (Å²) in [6.07, 6.45) is 1.04. The maximum Gasteiger partial charge on any atom is 0.318 e. The molecular formula is C23H31N3O2. The van der Waals surface area contributed by atoms with E-state index in [2.05, 4.69) is 62.6 Å². The Labute approximate surface area is 167 Å². The molecule has 2 atom stereocenters. The molecule has 0 bridgehead atoms. The van der Waals surface area contributed by atoms with Crippen LogP contribution in [0.25, 0.3) is 0 Å². The Morgan fingerprint density at radius 2 is 1.50 bits per heavy atom. The molecule has 0 aliphatic carbocycles. The van der Waals surface area contributed by atoms with Crippen molar-refractivity contribution in [2.75, 3.05) is 0 Å². The van der Waals surface area contributed by atoms with Crippen molar-refractivity contribution in [3.63, 3.8) is 0 Å². The highest BCUT2D eigenvalue weighted by Crippen LogP contribution is 2.27. The molecule has 0 saturated heterocycles. The van der Waals surface area contributed by atoms with Gasteiger partial charge in [0.15, 0.2) is 0 Å². The molecule has 0 unspecified atom stereocenters. The van der Waals surface area contributed by atoms with Crippen LogP contribution in [0, 0.1) is 11.8 Å². The number of rotatable bonds is 8. The number of hydrogen-bond acceptors (Lipinski definition) is 3. The lowest BCUT2D eigenvalue weighted by atomic mass is 9.92. The number of nitrogens with two attached hydrogens (primary N) is 1. The van der Waals surface area contributed by atoms with Gasteiger partial charge in [-0.3, -0.25) is 15.4 Å². The molecule has 5 nitrogen and oxygen atoms in total. The van der Waals surface area contributed by atoms with Gasteiger partial charge in [0.05, 0.1) is 0 Å². The van der Waals surface area contributed by atoms with E-state index < -0.39 is 18.0 Å². The number of amides is 3. The lowest BCUT2D eigenvalue weighted by molar-refractivity contribution is -0.122. The molecule has 0 aliphatic heterocycles. The van der Waals surface area contributed by atoms with Crippen LogP contribution in [-0.2, 0) is 11.2 Å². The van der Waals surface area contributed by atoms with Crippen LogP contribution in [0.5, 0.6) is 0 Å². The number of urea groups is 1. The van der Waals surface area contributed by atoms with Crippen molar-refractivity contribution in [1.29, 1.82) is 0 Å². The first-order valence-corrected chi connectivity index (χ1v) is 9.78. The standard InChI is InChI=1S/C23H31N3O2/c1-15(2)14-17-10-12-19(13-11-17)20(16(3)4)25-21(22(27)26-23(24)28)18-8-6-5-7-9-18/h5-13,15-16,20-21,25H,14H2,1-4H3,(H3,24,26,27,28)/t20-,21+/m1/s1. The fourth-order valence-corrected chi connectivity index (χ4v) is 3.35. The first kappa shape index (κ1) is 21.6. The third-order valence-corrected chi connectivity index (χ3v) is 4.64. The first-order chi connectivity index (χ1) is 13.3. The van der Waals surface area contributed by atoms with Crippen LogP contribution in [0.4, 0.5) is 4.79 Å². The summed E-state index contributed by atoms with van der Waals surface area (Å²) in [5, 5.41) is 5.64. The highest BCUT2D eigenvalue weighted by molar-refractivity contribution is 5.96. The van der Waals surface area contributed by atoms with E-state index in [1.165, 1.54) is 5.56 Å². The van der Waals surface area contributed by atoms with Crippen molar-refractivity contribution < 1.29 is 9.59 Å². The van der Waals surface area contributed by atoms with Gasteiger partial charge in [-0.2, -0.15) is 0 Å². The molecule has 0 aromatic heterocycles. The van der Waals surface area contributed by atoms with Gasteiger partial charge >= 0.3 is 6.03 Å². The zero-order valence-electron chi connectivity index (χ0n) is 17.1. The van der Waals surface area contributed by atoms with Crippen molar-refractivity contribution in [3.05, 3.63) is 71.3 Å². The van der Waals surface area contributed by atoms with Gasteiger partial charge in [0.1, 0.15) is 6.04 Å². The molecule has 5 heteroatoms. The van der Waals surface area contributed by atoms with Crippen molar-refractivity contribution in [2.24, 2.45) is 17.6 Å². The Hall–Kier alpha value is -2.66. The van der Waals surface area contributed by atoms with Gasteiger partial charge in [-0.05, 0) is 34.9 Å². The highest BCUT2D eigenvalue weighted by atomic mass is 16.2. The average molecular weight is 382 g/mol. The molecule has 150 valence electrons. The van der Waals surface area contributed by atoms with E-state index in [-0.39, 0.29) is 12.0 Å². The fraction of sp³-hybridized carbons (Fsp3) is 0.391. The van der Waals surface area contributed by atoms with Crippen molar-refractivity contribution in [2.45, 2.75) is 46.2 Å². The zero-order valence-corrected chi connectivity index (χ0v) is 17.1. The van der Waals surface area contributed by atoms with Crippen molar-refractivity contribution >= 4 is 11.9 Å². The summed E-state index contributed by atoms with van der Waals surface area (Å²) in [5.74, 6) is 0.383. The molecule has 0 fully saturated rings. The molecule has 2 rings (SSSR count). The molecule has 0 saturated carbocycles. The Bertz CT molecular complexity index is 770. The summed E-state index contributed by atoms with van der Waals surface area (Å²) < 4.78 is 0. The summed E-state index contributed by atoms with van der Waals surface area (Å²) in [5.41, 5.74) is 8.35. The van der Waals surface area contributed by atoms with E-state index in [1.54, 1.807) is 0 Å². The summed E-state index contributed by atoms with van der Waals surface area (Å²) in [6.45, 7) is 8.61. The molecule has 28 heavy (non-hydrogen) atoms. The predicted octanol–water partition coefficient (Wildman–Crippen LogP) is 4.11. The van der Waals surface area contributed by atoms with E-state index >= 15 is 0 Å². The van der Waals surface area contributed by atoms with Crippen LogP contribution < -0.4 is 16.4 Å². The molecule has 4 N–H and O–H groups in total. The molecular weight excluding hydrogens is 350 g/mol. The molecule has 2 aromatic rings. The van der Waals surface area contributed by atoms with Crippen LogP contribution in [-0.4, -0.2) is 11.9 Å². The number of carbonyl (C=O) groups excluding carboxylic acids is 2. The molecule has 2 aromatic carbocycles. The third kappa shape index (κ3) is 6.20. The average Bonchev–Trinajstić information content (AvgIpc) is 2.62. The van der Waals surface area contributed by atoms with Crippen LogP contribution in [0.2, 0.25) is 0 Å². The summed E-state index contributed by atoms with van der Waals surface area (Å²) in [4.78, 5) is 23.9. The van der Waals surface area contributed by atoms with Gasteiger partial charge in [-0.15, -0.1) is 0 Å². The smallest absolute Gasteiger partial charge is 0.318 e. The van der Waals surface area contributed by atoms with Crippen molar-refractivity contribution in [3.8, 4) is 0 Å². The van der Waals surface area contributed by atoms with Gasteiger partial charge in [0, 0.05) is 6.04 Å². The summed E-state index contributed by atoms with van der Waals surface area (Å²) in [7, 11) is 0. The maximum atomic E-state index is 12.6. The van der Waals surface area contributed by atoms with Crippen LogP contribution in [0.3, 0.4) is 0 Å². The molecule has 0 radical (unpaired) electrons. The van der Waals surface area contributed by atoms with Gasteiger partial charge in [-0.1, -0.05) is 82.3 Å². The normalized spacial score (nSPS) is 13.4. The molecule has 0 heterocycles. The maximum absolute atomic E-state index is 12.6. The quantitative estimate of drug-likeness (QED) is 0.643. The lowest BCUT2D eigenvalue weighted by Crippen LogP contribution is -2.44. The fourth-order valence-electron chi connectivity index (χ4n) is 3.35. The van der Waals surface area contributed by atoms with Crippen LogP contribution >= 0.6 is 0 Å². The predicted molar refractivity (Wildman–Crippen MR) is 113 cm³/mol. The number of primary amides is 1. The van der Waals surface area contributed by atoms with E-state index in [0.29, 0.717) is 5.92 Å². The Morgan fingerprint density at radius 1 is 0.893 bits per heavy atom. The van der Waals surface area contributed by atoms with E-state index in [9.17, 15) is 9.59 Å². The highest BCUT2D eigenvalue weighted by Gasteiger charge is 2.27. The Kier molecular flexibility index (Phi) is 7.76. The van der Waals surface area contributed by atoms with E-state index in [1.807, 2.05) is 30.3 Å². The number of benzene rings is 2. The van der Waals surface area contributed by atoms with Crippen LogP contribution in [0.15, 0.2) is 54.6 Å². The second-order valence-electron chi connectivity index (χ2n) is 7.93. The molecule has 3 amide bonds. The minimum Gasteiger partial charge on any atom is -0.351 e. The zero-order chi connectivity index (χ0) is 20.7. The second-order valence-corrected chi connectivity index (χ2v) is 7.93. The van der Waals surface area contributed by atoms with Gasteiger partial charge in [0.25, 0.3) is 0 Å². The van der Waals surface area contributed by atoms with Crippen molar-refractivity contribution in [1.82, 2.24) is 10.6 Å². The first-order valence-electron chi connectivity index (χ1n) is 9.78. The Morgan fingerprint density at radius 3 is 2.00 bits per heavy atom. The number of nitrogens with one attached hydrogen (secondary N) is 2. The minimum atomic E-state index is -0.855. The third-order valence-electron chi connectivity index (χ3n) is 4.64. The second kappa shape index (κ2) is 10.0. The van der Waals surface area contributed by atoms with E-state index in [0.717, 1.165) is 17.5 Å². The molecule has 0 aliphatic rings. The van der Waals surface area contributed by atoms with Crippen LogP contribution in [0.1, 0.15) is 56.5 Å². The van der Waals surface area contributed by atoms with Gasteiger partial charge in [0.2, 0.25) is 5.91 Å². The van der Waals surface area contributed by atoms with Gasteiger partial charge < -0.3 is 5.73 Å². The minimum absolute atomic E-state index is 0.0584. The topological polar surface area (TPSA) is 84.2 Å². The molecule has 0 spiro atoms. The number of hydrogen-bond donors (Lipinski definition) is 3. The number of imide groups is 1. The SMILES string of the molecule is CC(C)Cc1ccc([C@H](N[C@H](C(=O)NC(N)=O)c2ccccc2)C(C)C)cc1. The largest absolute Gasteiger partial charge is 0.351 e. The van der Waals surface area contributed by atoms with E-state index in [4.69, 9.17) is 5.73 Å². The Balaban J connectivity index is 2.29. The number of carbonyl (C=O) groups is 2. The summed E-state index contributed by atoms with van der Waals surface area (Å²) in [6, 6.07) is 16.3.